The van der Waals surface area contributed by atoms with Gasteiger partial charge in [-0.15, -0.1) is 0 Å². The van der Waals surface area contributed by atoms with Crippen molar-refractivity contribution in [2.45, 2.75) is 33.1 Å². The van der Waals surface area contributed by atoms with Crippen LogP contribution in [-0.4, -0.2) is 11.8 Å². The molecule has 1 aliphatic heterocycles. The van der Waals surface area contributed by atoms with Crippen molar-refractivity contribution in [3.8, 4) is 0 Å². The highest BCUT2D eigenvalue weighted by molar-refractivity contribution is 6.22. The van der Waals surface area contributed by atoms with Crippen molar-refractivity contribution in [3.05, 3.63) is 29.8 Å². The molecule has 19 heavy (non-hydrogen) atoms. The first-order valence-corrected chi connectivity index (χ1v) is 7.02. The van der Waals surface area contributed by atoms with E-state index in [1.807, 2.05) is 31.2 Å². The van der Waals surface area contributed by atoms with Crippen LogP contribution in [0.25, 0.3) is 0 Å². The number of carbonyl (C=O) groups excluding carboxylic acids is 2. The number of benzene rings is 1. The summed E-state index contributed by atoms with van der Waals surface area (Å²) in [6, 6.07) is 7.62. The minimum absolute atomic E-state index is 0.00500. The second kappa shape index (κ2) is 4.48. The molecule has 1 heterocycles. The summed E-state index contributed by atoms with van der Waals surface area (Å²) in [6.45, 7) is 4.17. The third kappa shape index (κ3) is 1.97. The molecule has 2 fully saturated rings. The third-order valence-electron chi connectivity index (χ3n) is 4.48. The van der Waals surface area contributed by atoms with Crippen molar-refractivity contribution in [2.75, 3.05) is 4.90 Å². The zero-order valence-electron chi connectivity index (χ0n) is 11.4. The predicted molar refractivity (Wildman–Crippen MR) is 73.7 cm³/mol. The average molecular weight is 257 g/mol. The Morgan fingerprint density at radius 3 is 2.32 bits per heavy atom. The lowest BCUT2D eigenvalue weighted by Crippen LogP contribution is -2.30. The van der Waals surface area contributed by atoms with Crippen molar-refractivity contribution < 1.29 is 9.59 Å². The van der Waals surface area contributed by atoms with Gasteiger partial charge in [-0.05, 0) is 44.2 Å². The summed E-state index contributed by atoms with van der Waals surface area (Å²) in [4.78, 5) is 26.3. The van der Waals surface area contributed by atoms with E-state index >= 15 is 0 Å². The monoisotopic (exact) mass is 257 g/mol. The van der Waals surface area contributed by atoms with Crippen molar-refractivity contribution in [1.29, 1.82) is 0 Å². The molecule has 1 aromatic rings. The summed E-state index contributed by atoms with van der Waals surface area (Å²) in [6.07, 6.45) is 2.78. The molecule has 0 spiro atoms. The topological polar surface area (TPSA) is 37.4 Å². The molecule has 1 aromatic carbocycles. The fourth-order valence-corrected chi connectivity index (χ4v) is 3.34. The van der Waals surface area contributed by atoms with Crippen LogP contribution in [-0.2, 0) is 9.59 Å². The molecule has 0 bridgehead atoms. The van der Waals surface area contributed by atoms with E-state index in [0.717, 1.165) is 30.5 Å². The molecule has 1 saturated heterocycles. The molecule has 3 nitrogen and oxygen atoms in total. The molecular formula is C16H19NO2. The SMILES string of the molecule is Cc1ccc(N2C(=O)[C@H]3CC[C@H](C)C[C@@H]3C2=O)cc1. The summed E-state index contributed by atoms with van der Waals surface area (Å²) in [5, 5.41) is 0. The summed E-state index contributed by atoms with van der Waals surface area (Å²) >= 11 is 0. The molecule has 3 heteroatoms. The van der Waals surface area contributed by atoms with E-state index in [1.165, 1.54) is 4.90 Å². The first-order valence-electron chi connectivity index (χ1n) is 7.02. The van der Waals surface area contributed by atoms with E-state index in [-0.39, 0.29) is 23.7 Å². The van der Waals surface area contributed by atoms with Gasteiger partial charge in [-0.25, -0.2) is 0 Å². The number of fused-ring (bicyclic) bond motifs is 1. The van der Waals surface area contributed by atoms with E-state index in [0.29, 0.717) is 5.92 Å². The molecule has 2 amide bonds. The number of imide groups is 1. The molecule has 0 N–H and O–H groups in total. The largest absolute Gasteiger partial charge is 0.274 e. The van der Waals surface area contributed by atoms with E-state index < -0.39 is 0 Å². The number of aryl methyl sites for hydroxylation is 1. The second-order valence-corrected chi connectivity index (χ2v) is 5.98. The van der Waals surface area contributed by atoms with Gasteiger partial charge in [0.2, 0.25) is 11.8 Å². The number of rotatable bonds is 1. The Kier molecular flexibility index (Phi) is 2.92. The molecule has 3 atom stereocenters. The number of hydrogen-bond donors (Lipinski definition) is 0. The lowest BCUT2D eigenvalue weighted by molar-refractivity contribution is -0.122. The number of nitrogens with zero attached hydrogens (tertiary/aromatic N) is 1. The number of carbonyl (C=O) groups is 2. The number of hydrogen-bond acceptors (Lipinski definition) is 2. The van der Waals surface area contributed by atoms with Crippen LogP contribution >= 0.6 is 0 Å². The summed E-state index contributed by atoms with van der Waals surface area (Å²) in [5.41, 5.74) is 1.86. The van der Waals surface area contributed by atoms with Gasteiger partial charge in [0.25, 0.3) is 0 Å². The van der Waals surface area contributed by atoms with Gasteiger partial charge in [0.15, 0.2) is 0 Å². The Labute approximate surface area is 113 Å². The minimum Gasteiger partial charge on any atom is -0.274 e. The van der Waals surface area contributed by atoms with Crippen molar-refractivity contribution in [2.24, 2.45) is 17.8 Å². The zero-order valence-corrected chi connectivity index (χ0v) is 11.4. The van der Waals surface area contributed by atoms with Gasteiger partial charge < -0.3 is 0 Å². The van der Waals surface area contributed by atoms with E-state index in [1.54, 1.807) is 0 Å². The quantitative estimate of drug-likeness (QED) is 0.725. The van der Waals surface area contributed by atoms with E-state index in [2.05, 4.69) is 6.92 Å². The second-order valence-electron chi connectivity index (χ2n) is 5.98. The average Bonchev–Trinajstić information content (AvgIpc) is 2.63. The molecule has 0 radical (unpaired) electrons. The summed E-state index contributed by atoms with van der Waals surface area (Å²) in [5.74, 6) is 0.398. The maximum atomic E-state index is 12.5. The molecule has 100 valence electrons. The highest BCUT2D eigenvalue weighted by Crippen LogP contribution is 2.42. The summed E-state index contributed by atoms with van der Waals surface area (Å²) < 4.78 is 0. The van der Waals surface area contributed by atoms with Gasteiger partial charge in [0.05, 0.1) is 17.5 Å². The first-order chi connectivity index (χ1) is 9.08. The highest BCUT2D eigenvalue weighted by Gasteiger charge is 2.49. The van der Waals surface area contributed by atoms with Gasteiger partial charge in [-0.2, -0.15) is 0 Å². The molecule has 2 aliphatic rings. The van der Waals surface area contributed by atoms with E-state index in [4.69, 9.17) is 0 Å². The standard InChI is InChI=1S/C16H19NO2/c1-10-3-6-12(7-4-10)17-15(18)13-8-5-11(2)9-14(13)16(17)19/h3-4,6-7,11,13-14H,5,8-9H2,1-2H3/t11-,13-,14-/m0/s1. The Morgan fingerprint density at radius 2 is 1.63 bits per heavy atom. The van der Waals surface area contributed by atoms with Gasteiger partial charge in [-0.1, -0.05) is 24.6 Å². The molecule has 0 aromatic heterocycles. The maximum Gasteiger partial charge on any atom is 0.237 e. The van der Waals surface area contributed by atoms with Gasteiger partial charge in [-0.3, -0.25) is 14.5 Å². The molecular weight excluding hydrogens is 238 g/mol. The lowest BCUT2D eigenvalue weighted by Gasteiger charge is -2.25. The van der Waals surface area contributed by atoms with Gasteiger partial charge in [0, 0.05) is 0 Å². The lowest BCUT2D eigenvalue weighted by atomic mass is 9.76. The van der Waals surface area contributed by atoms with Crippen LogP contribution < -0.4 is 4.90 Å². The van der Waals surface area contributed by atoms with Crippen molar-refractivity contribution in [1.82, 2.24) is 0 Å². The fraction of sp³-hybridized carbons (Fsp3) is 0.500. The third-order valence-corrected chi connectivity index (χ3v) is 4.48. The number of amides is 2. The van der Waals surface area contributed by atoms with E-state index in [9.17, 15) is 9.59 Å². The maximum absolute atomic E-state index is 12.5. The molecule has 1 aliphatic carbocycles. The zero-order chi connectivity index (χ0) is 13.6. The van der Waals surface area contributed by atoms with Crippen LogP contribution in [0.2, 0.25) is 0 Å². The molecule has 0 unspecified atom stereocenters. The minimum atomic E-state index is -0.0856. The Bertz CT molecular complexity index is 520. The van der Waals surface area contributed by atoms with Gasteiger partial charge >= 0.3 is 0 Å². The predicted octanol–water partition coefficient (Wildman–Crippen LogP) is 2.92. The number of anilines is 1. The van der Waals surface area contributed by atoms with Crippen molar-refractivity contribution in [3.63, 3.8) is 0 Å². The van der Waals surface area contributed by atoms with Crippen LogP contribution in [0.1, 0.15) is 31.7 Å². The molecule has 3 rings (SSSR count). The smallest absolute Gasteiger partial charge is 0.237 e. The normalized spacial score (nSPS) is 30.6. The van der Waals surface area contributed by atoms with Crippen LogP contribution in [0, 0.1) is 24.7 Å². The molecule has 1 saturated carbocycles. The van der Waals surface area contributed by atoms with Crippen LogP contribution in [0.4, 0.5) is 5.69 Å². The highest BCUT2D eigenvalue weighted by atomic mass is 16.2. The Hall–Kier alpha value is -1.64. The first kappa shape index (κ1) is 12.4. The Morgan fingerprint density at radius 1 is 1.00 bits per heavy atom. The summed E-state index contributed by atoms with van der Waals surface area (Å²) in [7, 11) is 0. The van der Waals surface area contributed by atoms with Crippen LogP contribution in [0.15, 0.2) is 24.3 Å². The Balaban J connectivity index is 1.93. The fourth-order valence-electron chi connectivity index (χ4n) is 3.34. The van der Waals surface area contributed by atoms with Crippen LogP contribution in [0.3, 0.4) is 0 Å². The van der Waals surface area contributed by atoms with Crippen molar-refractivity contribution >= 4 is 17.5 Å². The van der Waals surface area contributed by atoms with Gasteiger partial charge in [0.1, 0.15) is 0 Å². The van der Waals surface area contributed by atoms with Crippen LogP contribution in [0.5, 0.6) is 0 Å².